The number of hydrogen-bond acceptors (Lipinski definition) is 5. The van der Waals surface area contributed by atoms with Crippen LogP contribution in [0.15, 0.2) is 48.5 Å². The van der Waals surface area contributed by atoms with E-state index in [4.69, 9.17) is 0 Å². The van der Waals surface area contributed by atoms with Crippen LogP contribution >= 0.6 is 0 Å². The summed E-state index contributed by atoms with van der Waals surface area (Å²) in [6.45, 7) is 1.90. The molecule has 3 N–H and O–H groups in total. The van der Waals surface area contributed by atoms with Gasteiger partial charge < -0.3 is 10.1 Å². The molecule has 0 spiro atoms. The van der Waals surface area contributed by atoms with Crippen molar-refractivity contribution in [2.24, 2.45) is 0 Å². The summed E-state index contributed by atoms with van der Waals surface area (Å²) >= 11 is 0. The molecule has 0 aromatic heterocycles. The fourth-order valence-electron chi connectivity index (χ4n) is 2.27. The third kappa shape index (κ3) is 6.24. The van der Waals surface area contributed by atoms with Gasteiger partial charge in [-0.05, 0) is 43.3 Å². The molecule has 0 atom stereocenters. The summed E-state index contributed by atoms with van der Waals surface area (Å²) in [4.78, 5) is 46.8. The van der Waals surface area contributed by atoms with Crippen molar-refractivity contribution in [1.29, 1.82) is 0 Å². The molecule has 0 radical (unpaired) electrons. The summed E-state index contributed by atoms with van der Waals surface area (Å²) in [5.41, 5.74) is 6.82. The number of rotatable bonds is 6. The number of carbonyl (C=O) groups is 4. The molecule has 28 heavy (non-hydrogen) atoms. The third-order valence-corrected chi connectivity index (χ3v) is 3.78. The fourth-order valence-corrected chi connectivity index (χ4v) is 2.27. The minimum atomic E-state index is -0.525. The van der Waals surface area contributed by atoms with Crippen molar-refractivity contribution >= 4 is 29.4 Å². The van der Waals surface area contributed by atoms with Crippen molar-refractivity contribution in [2.75, 3.05) is 12.4 Å². The number of ether oxygens (including phenoxy) is 1. The highest BCUT2D eigenvalue weighted by Crippen LogP contribution is 2.12. The summed E-state index contributed by atoms with van der Waals surface area (Å²) in [5.74, 6) is -1.80. The Bertz CT molecular complexity index is 878. The van der Waals surface area contributed by atoms with Gasteiger partial charge in [-0.25, -0.2) is 0 Å². The quantitative estimate of drug-likeness (QED) is 0.521. The van der Waals surface area contributed by atoms with Crippen LogP contribution in [-0.2, 0) is 14.3 Å². The zero-order chi connectivity index (χ0) is 20.5. The lowest BCUT2D eigenvalue weighted by Gasteiger charge is -2.09. The molecule has 2 aromatic rings. The van der Waals surface area contributed by atoms with Crippen LogP contribution in [-0.4, -0.2) is 30.8 Å². The number of carbonyl (C=O) groups excluding carboxylic acids is 4. The molecule has 0 aliphatic carbocycles. The van der Waals surface area contributed by atoms with Gasteiger partial charge in [0.05, 0.1) is 13.5 Å². The molecule has 0 saturated carbocycles. The molecule has 8 heteroatoms. The first-order chi connectivity index (χ1) is 13.4. The Morgan fingerprint density at radius 3 is 2.21 bits per heavy atom. The van der Waals surface area contributed by atoms with Gasteiger partial charge in [0.15, 0.2) is 0 Å². The molecule has 0 bridgehead atoms. The monoisotopic (exact) mass is 383 g/mol. The van der Waals surface area contributed by atoms with Gasteiger partial charge in [0, 0.05) is 23.2 Å². The van der Waals surface area contributed by atoms with Gasteiger partial charge in [-0.3, -0.25) is 30.0 Å². The number of anilines is 1. The van der Waals surface area contributed by atoms with Crippen LogP contribution in [0.1, 0.15) is 39.1 Å². The van der Waals surface area contributed by atoms with Crippen LogP contribution in [0.25, 0.3) is 0 Å². The van der Waals surface area contributed by atoms with Gasteiger partial charge in [-0.2, -0.15) is 0 Å². The van der Waals surface area contributed by atoms with Crippen LogP contribution in [0.5, 0.6) is 0 Å². The van der Waals surface area contributed by atoms with E-state index in [0.29, 0.717) is 16.8 Å². The Labute approximate surface area is 162 Å². The lowest BCUT2D eigenvalue weighted by Crippen LogP contribution is -2.41. The summed E-state index contributed by atoms with van der Waals surface area (Å²) < 4.78 is 4.43. The number of esters is 1. The molecule has 0 aliphatic heterocycles. The van der Waals surface area contributed by atoms with Crippen LogP contribution < -0.4 is 16.2 Å². The van der Waals surface area contributed by atoms with Gasteiger partial charge >= 0.3 is 5.97 Å². The van der Waals surface area contributed by atoms with Gasteiger partial charge in [0.25, 0.3) is 11.8 Å². The van der Waals surface area contributed by atoms with Crippen molar-refractivity contribution in [3.8, 4) is 0 Å². The molecule has 8 nitrogen and oxygen atoms in total. The van der Waals surface area contributed by atoms with E-state index in [2.05, 4.69) is 20.9 Å². The SMILES string of the molecule is COC(=O)CCC(=O)NNC(=O)c1ccc(NC(=O)c2cccc(C)c2)cc1. The number of methoxy groups -OCH3 is 1. The van der Waals surface area contributed by atoms with E-state index >= 15 is 0 Å². The minimum absolute atomic E-state index is 0.0759. The second kappa shape index (κ2) is 9.86. The number of benzene rings is 2. The van der Waals surface area contributed by atoms with Crippen LogP contribution in [0.2, 0.25) is 0 Å². The molecular formula is C20H21N3O5. The fraction of sp³-hybridized carbons (Fsp3) is 0.200. The Balaban J connectivity index is 1.86. The van der Waals surface area contributed by atoms with E-state index in [1.54, 1.807) is 30.3 Å². The standard InChI is InChI=1S/C20H21N3O5/c1-13-4-3-5-15(12-13)19(26)21-16-8-6-14(7-9-16)20(27)23-22-17(24)10-11-18(25)28-2/h3-9,12H,10-11H2,1-2H3,(H,21,26)(H,22,24)(H,23,27). The third-order valence-electron chi connectivity index (χ3n) is 3.78. The zero-order valence-electron chi connectivity index (χ0n) is 15.6. The van der Waals surface area contributed by atoms with E-state index < -0.39 is 17.8 Å². The van der Waals surface area contributed by atoms with Gasteiger partial charge in [-0.15, -0.1) is 0 Å². The smallest absolute Gasteiger partial charge is 0.306 e. The van der Waals surface area contributed by atoms with E-state index in [9.17, 15) is 19.2 Å². The van der Waals surface area contributed by atoms with E-state index in [-0.39, 0.29) is 18.7 Å². The maximum atomic E-state index is 12.2. The number of hydrogen-bond donors (Lipinski definition) is 3. The molecule has 0 aliphatic rings. The van der Waals surface area contributed by atoms with Crippen LogP contribution in [0, 0.1) is 6.92 Å². The Kier molecular flexibility index (Phi) is 7.27. The molecule has 2 aromatic carbocycles. The van der Waals surface area contributed by atoms with Gasteiger partial charge in [-0.1, -0.05) is 17.7 Å². The maximum absolute atomic E-state index is 12.2. The topological polar surface area (TPSA) is 114 Å². The number of aryl methyl sites for hydroxylation is 1. The number of nitrogens with one attached hydrogen (secondary N) is 3. The molecule has 0 unspecified atom stereocenters. The molecule has 0 saturated heterocycles. The van der Waals surface area contributed by atoms with E-state index in [0.717, 1.165) is 5.56 Å². The van der Waals surface area contributed by atoms with Crippen molar-refractivity contribution in [1.82, 2.24) is 10.9 Å². The molecule has 146 valence electrons. The van der Waals surface area contributed by atoms with E-state index in [1.165, 1.54) is 19.2 Å². The normalized spacial score (nSPS) is 9.93. The number of hydrazine groups is 1. The highest BCUT2D eigenvalue weighted by molar-refractivity contribution is 6.04. The minimum Gasteiger partial charge on any atom is -0.469 e. The largest absolute Gasteiger partial charge is 0.469 e. The average Bonchev–Trinajstić information content (AvgIpc) is 2.70. The number of amides is 3. The van der Waals surface area contributed by atoms with Gasteiger partial charge in [0.1, 0.15) is 0 Å². The Hall–Kier alpha value is -3.68. The second-order valence-electron chi connectivity index (χ2n) is 5.98. The molecule has 2 rings (SSSR count). The van der Waals surface area contributed by atoms with Gasteiger partial charge in [0.2, 0.25) is 5.91 Å². The highest BCUT2D eigenvalue weighted by Gasteiger charge is 2.10. The Morgan fingerprint density at radius 1 is 0.857 bits per heavy atom. The van der Waals surface area contributed by atoms with Crippen molar-refractivity contribution in [3.63, 3.8) is 0 Å². The summed E-state index contributed by atoms with van der Waals surface area (Å²) in [5, 5.41) is 2.75. The summed E-state index contributed by atoms with van der Waals surface area (Å²) in [6, 6.07) is 13.4. The lowest BCUT2D eigenvalue weighted by atomic mass is 10.1. The van der Waals surface area contributed by atoms with Crippen molar-refractivity contribution < 1.29 is 23.9 Å². The van der Waals surface area contributed by atoms with Crippen LogP contribution in [0.4, 0.5) is 5.69 Å². The predicted octanol–water partition coefficient (Wildman–Crippen LogP) is 1.96. The Morgan fingerprint density at radius 2 is 1.57 bits per heavy atom. The maximum Gasteiger partial charge on any atom is 0.306 e. The molecular weight excluding hydrogens is 362 g/mol. The second-order valence-corrected chi connectivity index (χ2v) is 5.98. The van der Waals surface area contributed by atoms with Crippen molar-refractivity contribution in [2.45, 2.75) is 19.8 Å². The first-order valence-corrected chi connectivity index (χ1v) is 8.53. The molecule has 0 fully saturated rings. The summed E-state index contributed by atoms with van der Waals surface area (Å²) in [7, 11) is 1.23. The lowest BCUT2D eigenvalue weighted by molar-refractivity contribution is -0.142. The first kappa shape index (κ1) is 20.6. The molecule has 3 amide bonds. The summed E-state index contributed by atoms with van der Waals surface area (Å²) in [6.07, 6.45) is -0.176. The highest BCUT2D eigenvalue weighted by atomic mass is 16.5. The van der Waals surface area contributed by atoms with Crippen molar-refractivity contribution in [3.05, 3.63) is 65.2 Å². The van der Waals surface area contributed by atoms with Crippen LogP contribution in [0.3, 0.4) is 0 Å². The molecule has 0 heterocycles. The predicted molar refractivity (Wildman–Crippen MR) is 102 cm³/mol. The average molecular weight is 383 g/mol. The zero-order valence-corrected chi connectivity index (χ0v) is 15.6. The first-order valence-electron chi connectivity index (χ1n) is 8.53. The van der Waals surface area contributed by atoms with E-state index in [1.807, 2.05) is 13.0 Å².